The van der Waals surface area contributed by atoms with E-state index in [-0.39, 0.29) is 0 Å². The lowest BCUT2D eigenvalue weighted by molar-refractivity contribution is 0.124. The van der Waals surface area contributed by atoms with E-state index in [0.717, 1.165) is 6.42 Å². The van der Waals surface area contributed by atoms with Gasteiger partial charge in [0.2, 0.25) is 0 Å². The van der Waals surface area contributed by atoms with Crippen molar-refractivity contribution in [3.05, 3.63) is 18.6 Å². The molecule has 36 valence electrons. The molecule has 0 aromatic carbocycles. The van der Waals surface area contributed by atoms with Gasteiger partial charge in [0.25, 0.3) is 0 Å². The topological polar surface area (TPSA) is 9.23 Å². The average molecular weight is 94.1 g/mol. The van der Waals surface area contributed by atoms with Crippen LogP contribution >= 0.6 is 0 Å². The van der Waals surface area contributed by atoms with Crippen molar-refractivity contribution < 1.29 is 4.74 Å². The van der Waals surface area contributed by atoms with Gasteiger partial charge < -0.3 is 4.74 Å². The number of hydrogen-bond acceptors (Lipinski definition) is 1. The van der Waals surface area contributed by atoms with Gasteiger partial charge in [0.1, 0.15) is 0 Å². The number of fused-ring (bicyclic) bond motifs is 2. The molecule has 0 aliphatic carbocycles. The predicted octanol–water partition coefficient (Wildman–Crippen LogP) is 0.721. The normalized spacial score (nSPS) is 45.7. The Morgan fingerprint density at radius 1 is 1.71 bits per heavy atom. The van der Waals surface area contributed by atoms with E-state index in [0.29, 0.717) is 12.2 Å². The second-order valence-corrected chi connectivity index (χ2v) is 1.89. The summed E-state index contributed by atoms with van der Waals surface area (Å²) in [5.74, 6) is 0. The first-order valence-corrected chi connectivity index (χ1v) is 2.53. The summed E-state index contributed by atoms with van der Waals surface area (Å²) in [6.45, 7) is 0. The van der Waals surface area contributed by atoms with Crippen molar-refractivity contribution in [1.82, 2.24) is 0 Å². The highest BCUT2D eigenvalue weighted by atomic mass is 16.5. The van der Waals surface area contributed by atoms with Crippen LogP contribution in [0.3, 0.4) is 0 Å². The SMILES string of the molecule is [C]1=CC2[CH]CC1O2. The minimum absolute atomic E-state index is 0.310. The average Bonchev–Trinajstić information content (AvgIpc) is 2.22. The van der Waals surface area contributed by atoms with Gasteiger partial charge in [-0.15, -0.1) is 0 Å². The summed E-state index contributed by atoms with van der Waals surface area (Å²) in [6, 6.07) is 0. The summed E-state index contributed by atoms with van der Waals surface area (Å²) in [6.07, 6.45) is 8.92. The molecule has 1 nitrogen and oxygen atoms in total. The molecule has 2 aliphatic rings. The Morgan fingerprint density at radius 3 is 2.86 bits per heavy atom. The molecule has 2 aliphatic heterocycles. The highest BCUT2D eigenvalue weighted by molar-refractivity contribution is 5.10. The van der Waals surface area contributed by atoms with Crippen LogP contribution in [0.5, 0.6) is 0 Å². The van der Waals surface area contributed by atoms with E-state index in [1.165, 1.54) is 0 Å². The van der Waals surface area contributed by atoms with E-state index in [1.54, 1.807) is 0 Å². The van der Waals surface area contributed by atoms with Crippen molar-refractivity contribution in [2.45, 2.75) is 18.6 Å². The molecule has 0 spiro atoms. The summed E-state index contributed by atoms with van der Waals surface area (Å²) in [4.78, 5) is 0. The Bertz CT molecular complexity index is 94.7. The fraction of sp³-hybridized carbons (Fsp3) is 0.500. The van der Waals surface area contributed by atoms with E-state index in [1.807, 2.05) is 6.08 Å². The van der Waals surface area contributed by atoms with Gasteiger partial charge in [-0.3, -0.25) is 0 Å². The van der Waals surface area contributed by atoms with Crippen LogP contribution in [0.15, 0.2) is 6.08 Å². The lowest BCUT2D eigenvalue weighted by atomic mass is 10.1. The van der Waals surface area contributed by atoms with Gasteiger partial charge >= 0.3 is 0 Å². The second-order valence-electron chi connectivity index (χ2n) is 1.89. The minimum Gasteiger partial charge on any atom is -0.366 e. The van der Waals surface area contributed by atoms with Crippen LogP contribution in [0, 0.1) is 12.5 Å². The van der Waals surface area contributed by atoms with E-state index in [4.69, 9.17) is 4.74 Å². The third-order valence-electron chi connectivity index (χ3n) is 1.35. The number of ether oxygens (including phenoxy) is 1. The van der Waals surface area contributed by atoms with Crippen molar-refractivity contribution in [3.8, 4) is 0 Å². The van der Waals surface area contributed by atoms with Crippen LogP contribution in [0.25, 0.3) is 0 Å². The van der Waals surface area contributed by atoms with Gasteiger partial charge in [0, 0.05) is 0 Å². The van der Waals surface area contributed by atoms with Crippen LogP contribution < -0.4 is 0 Å². The predicted molar refractivity (Wildman–Crippen MR) is 25.4 cm³/mol. The van der Waals surface area contributed by atoms with E-state index in [2.05, 4.69) is 12.5 Å². The van der Waals surface area contributed by atoms with Crippen molar-refractivity contribution >= 4 is 0 Å². The summed E-state index contributed by atoms with van der Waals surface area (Å²) in [7, 11) is 0. The van der Waals surface area contributed by atoms with Crippen molar-refractivity contribution in [1.29, 1.82) is 0 Å². The molecule has 1 heteroatoms. The third kappa shape index (κ3) is 0.416. The fourth-order valence-electron chi connectivity index (χ4n) is 0.975. The summed E-state index contributed by atoms with van der Waals surface area (Å²) >= 11 is 0. The zero-order valence-corrected chi connectivity index (χ0v) is 3.92. The molecule has 1 fully saturated rings. The molecule has 0 aromatic rings. The highest BCUT2D eigenvalue weighted by Gasteiger charge is 2.26. The molecule has 2 heterocycles. The molecule has 0 saturated carbocycles. The molecule has 2 unspecified atom stereocenters. The summed E-state index contributed by atoms with van der Waals surface area (Å²) in [5.41, 5.74) is 0. The zero-order chi connectivity index (χ0) is 4.69. The largest absolute Gasteiger partial charge is 0.366 e. The summed E-state index contributed by atoms with van der Waals surface area (Å²) < 4.78 is 5.25. The highest BCUT2D eigenvalue weighted by Crippen LogP contribution is 2.25. The molecule has 0 aromatic heterocycles. The molecular formula is C6H6O. The first-order chi connectivity index (χ1) is 3.45. The maximum Gasteiger partial charge on any atom is 0.0838 e. The molecule has 2 bridgehead atoms. The van der Waals surface area contributed by atoms with Crippen LogP contribution in [0.1, 0.15) is 6.42 Å². The smallest absolute Gasteiger partial charge is 0.0838 e. The quantitative estimate of drug-likeness (QED) is 0.430. The van der Waals surface area contributed by atoms with Crippen molar-refractivity contribution in [2.75, 3.05) is 0 Å². The van der Waals surface area contributed by atoms with Crippen molar-refractivity contribution in [3.63, 3.8) is 0 Å². The van der Waals surface area contributed by atoms with E-state index >= 15 is 0 Å². The minimum atomic E-state index is 0.310. The zero-order valence-electron chi connectivity index (χ0n) is 3.92. The molecule has 0 N–H and O–H groups in total. The Balaban J connectivity index is 2.27. The molecular weight excluding hydrogens is 88.1 g/mol. The summed E-state index contributed by atoms with van der Waals surface area (Å²) in [5, 5.41) is 0. The van der Waals surface area contributed by atoms with Gasteiger partial charge in [0.05, 0.1) is 12.2 Å². The van der Waals surface area contributed by atoms with Gasteiger partial charge in [-0.1, -0.05) is 0 Å². The first kappa shape index (κ1) is 3.67. The first-order valence-electron chi connectivity index (χ1n) is 2.53. The van der Waals surface area contributed by atoms with Crippen LogP contribution in [-0.2, 0) is 4.74 Å². The Labute approximate surface area is 43.0 Å². The maximum absolute atomic E-state index is 5.25. The molecule has 2 radical (unpaired) electrons. The lowest BCUT2D eigenvalue weighted by Gasteiger charge is -1.93. The maximum atomic E-state index is 5.25. The van der Waals surface area contributed by atoms with E-state index in [9.17, 15) is 0 Å². The molecule has 7 heavy (non-hydrogen) atoms. The van der Waals surface area contributed by atoms with Gasteiger partial charge in [0.15, 0.2) is 0 Å². The standard InChI is InChI=1S/C6H6O/c1-2-6-4-3-5(1)7-6/h1,3,5-6H,2H2. The Kier molecular flexibility index (Phi) is 0.577. The fourth-order valence-corrected chi connectivity index (χ4v) is 0.975. The number of hydrogen-bond donors (Lipinski definition) is 0. The molecule has 2 atom stereocenters. The third-order valence-corrected chi connectivity index (χ3v) is 1.35. The van der Waals surface area contributed by atoms with E-state index < -0.39 is 0 Å². The Hall–Kier alpha value is -0.300. The van der Waals surface area contributed by atoms with Gasteiger partial charge in [-0.05, 0) is 25.0 Å². The van der Waals surface area contributed by atoms with Gasteiger partial charge in [-0.2, -0.15) is 0 Å². The second kappa shape index (κ2) is 1.10. The van der Waals surface area contributed by atoms with Gasteiger partial charge in [-0.25, -0.2) is 0 Å². The molecule has 0 amide bonds. The monoisotopic (exact) mass is 94.0 g/mol. The van der Waals surface area contributed by atoms with Crippen LogP contribution in [0.4, 0.5) is 0 Å². The molecule has 1 saturated heterocycles. The molecule has 2 rings (SSSR count). The lowest BCUT2D eigenvalue weighted by Crippen LogP contribution is -1.95. The van der Waals surface area contributed by atoms with Crippen LogP contribution in [0.2, 0.25) is 0 Å². The van der Waals surface area contributed by atoms with Crippen LogP contribution in [-0.4, -0.2) is 12.2 Å². The van der Waals surface area contributed by atoms with Crippen molar-refractivity contribution in [2.24, 2.45) is 0 Å². The Morgan fingerprint density at radius 2 is 2.71 bits per heavy atom. The number of rotatable bonds is 0.